The number of likely N-dealkylation sites (N-methyl/N-ethyl adjacent to an activating group) is 1. The molecule has 0 fully saturated rings. The molecule has 0 saturated carbocycles. The topological polar surface area (TPSA) is 163 Å². The third kappa shape index (κ3) is 5.15. The maximum atomic E-state index is 12.6. The number of benzene rings is 2. The Balaban J connectivity index is 1.76. The van der Waals surface area contributed by atoms with E-state index in [0.717, 1.165) is 17.4 Å². The van der Waals surface area contributed by atoms with Crippen LogP contribution in [-0.4, -0.2) is 53.9 Å². The van der Waals surface area contributed by atoms with Crippen LogP contribution in [-0.2, 0) is 9.53 Å². The van der Waals surface area contributed by atoms with Crippen molar-refractivity contribution >= 4 is 49.9 Å². The first-order valence-electron chi connectivity index (χ1n) is 10.6. The number of primary amides is 1. The van der Waals surface area contributed by atoms with Crippen LogP contribution < -0.4 is 26.0 Å². The number of amides is 1. The molecule has 5 N–H and O–H groups in total. The number of carboxylic acids is 1. The molecule has 0 radical (unpaired) electrons. The Morgan fingerprint density at radius 2 is 2.11 bits per heavy atom. The molecule has 1 aromatic heterocycles. The third-order valence-electron chi connectivity index (χ3n) is 5.49. The van der Waals surface area contributed by atoms with Crippen molar-refractivity contribution in [3.8, 4) is 11.8 Å². The Kier molecular flexibility index (Phi) is 6.72. The molecule has 2 aromatic carbocycles. The number of carbonyl (C=O) groups is 2. The van der Waals surface area contributed by atoms with E-state index >= 15 is 0 Å². The molecule has 2 heterocycles. The van der Waals surface area contributed by atoms with E-state index in [2.05, 4.69) is 20.4 Å². The van der Waals surface area contributed by atoms with E-state index < -0.39 is 35.9 Å². The summed E-state index contributed by atoms with van der Waals surface area (Å²) in [4.78, 5) is 30.0. The standard InChI is InChI=1S/C22H19F3N6O5S/c1-31-15-6-3-11(19(33)34)9-14(15)29-21(31,17(18(27)32)35-8-2-7-26)30-20-28-13-5-4-12(10-16(13)37-20)36-22(23,24)25/h3-6,9-10,17,29H,2,8H2,1H3,(H2,27,32)(H,28,30)(H,33,34). The highest BCUT2D eigenvalue weighted by molar-refractivity contribution is 7.22. The second kappa shape index (κ2) is 9.64. The number of rotatable bonds is 9. The van der Waals surface area contributed by atoms with E-state index in [-0.39, 0.29) is 23.7 Å². The molecule has 3 aromatic rings. The lowest BCUT2D eigenvalue weighted by molar-refractivity contribution is -0.274. The average molecular weight is 536 g/mol. The van der Waals surface area contributed by atoms with Gasteiger partial charge in [0.15, 0.2) is 11.2 Å². The van der Waals surface area contributed by atoms with Gasteiger partial charge in [-0.05, 0) is 30.3 Å². The minimum Gasteiger partial charge on any atom is -0.478 e. The van der Waals surface area contributed by atoms with Crippen LogP contribution in [0, 0.1) is 11.3 Å². The lowest BCUT2D eigenvalue weighted by atomic mass is 10.1. The van der Waals surface area contributed by atoms with Gasteiger partial charge in [-0.3, -0.25) is 4.79 Å². The highest BCUT2D eigenvalue weighted by atomic mass is 32.1. The minimum atomic E-state index is -4.87. The van der Waals surface area contributed by atoms with Crippen LogP contribution in [0.3, 0.4) is 0 Å². The quantitative estimate of drug-likeness (QED) is 0.298. The molecular formula is C22H19F3N6O5S. The number of nitrogens with one attached hydrogen (secondary N) is 2. The number of halogens is 3. The van der Waals surface area contributed by atoms with Gasteiger partial charge in [-0.25, -0.2) is 9.78 Å². The molecule has 1 aliphatic rings. The zero-order chi connectivity index (χ0) is 27.0. The lowest BCUT2D eigenvalue weighted by Gasteiger charge is -2.42. The number of anilines is 3. The van der Waals surface area contributed by atoms with Crippen LogP contribution in [0.25, 0.3) is 10.2 Å². The van der Waals surface area contributed by atoms with Gasteiger partial charge in [0.2, 0.25) is 5.79 Å². The number of hydrogen-bond acceptors (Lipinski definition) is 10. The van der Waals surface area contributed by atoms with Gasteiger partial charge in [-0.2, -0.15) is 5.26 Å². The minimum absolute atomic E-state index is 0.0198. The molecule has 0 aliphatic carbocycles. The normalized spacial score (nSPS) is 17.5. The Hall–Kier alpha value is -4.29. The van der Waals surface area contributed by atoms with Crippen molar-refractivity contribution in [3.63, 3.8) is 0 Å². The Bertz CT molecular complexity index is 1410. The summed E-state index contributed by atoms with van der Waals surface area (Å²) in [6, 6.07) is 9.82. The van der Waals surface area contributed by atoms with Gasteiger partial charge in [0.25, 0.3) is 5.91 Å². The fourth-order valence-electron chi connectivity index (χ4n) is 3.91. The van der Waals surface area contributed by atoms with Gasteiger partial charge in [0.1, 0.15) is 5.75 Å². The molecule has 4 rings (SSSR count). The van der Waals surface area contributed by atoms with Crippen molar-refractivity contribution in [3.05, 3.63) is 42.0 Å². The summed E-state index contributed by atoms with van der Waals surface area (Å²) in [6.45, 7) is -0.141. The molecule has 37 heavy (non-hydrogen) atoms. The van der Waals surface area contributed by atoms with Crippen molar-refractivity contribution in [2.75, 3.05) is 29.2 Å². The molecule has 2 unspecified atom stereocenters. The number of nitriles is 1. The van der Waals surface area contributed by atoms with Gasteiger partial charge >= 0.3 is 12.3 Å². The summed E-state index contributed by atoms with van der Waals surface area (Å²) in [5.41, 5.74) is 6.85. The highest BCUT2D eigenvalue weighted by Gasteiger charge is 2.52. The first-order valence-corrected chi connectivity index (χ1v) is 11.4. The Morgan fingerprint density at radius 1 is 1.35 bits per heavy atom. The molecule has 0 bridgehead atoms. The molecule has 1 aliphatic heterocycles. The SMILES string of the molecule is CN1c2ccc(C(=O)O)cc2NC1(Nc1nc2ccc(OC(F)(F)F)cc2s1)C(OCCC#N)C(N)=O. The predicted octanol–water partition coefficient (Wildman–Crippen LogP) is 3.30. The second-order valence-electron chi connectivity index (χ2n) is 7.87. The Morgan fingerprint density at radius 3 is 2.76 bits per heavy atom. The van der Waals surface area contributed by atoms with E-state index in [4.69, 9.17) is 15.7 Å². The summed E-state index contributed by atoms with van der Waals surface area (Å²) in [5.74, 6) is -4.14. The lowest BCUT2D eigenvalue weighted by Crippen LogP contribution is -2.67. The molecule has 0 saturated heterocycles. The smallest absolute Gasteiger partial charge is 0.478 e. The largest absolute Gasteiger partial charge is 0.573 e. The molecular weight excluding hydrogens is 517 g/mol. The maximum Gasteiger partial charge on any atom is 0.573 e. The van der Waals surface area contributed by atoms with Crippen molar-refractivity contribution in [2.24, 2.45) is 5.73 Å². The number of hydrogen-bond donors (Lipinski definition) is 4. The van der Waals surface area contributed by atoms with Gasteiger partial charge in [0.05, 0.1) is 46.3 Å². The van der Waals surface area contributed by atoms with E-state index in [1.54, 1.807) is 11.9 Å². The average Bonchev–Trinajstić information content (AvgIpc) is 3.32. The predicted molar refractivity (Wildman–Crippen MR) is 127 cm³/mol. The number of carbonyl (C=O) groups excluding carboxylic acids is 1. The van der Waals surface area contributed by atoms with E-state index in [1.807, 2.05) is 6.07 Å². The van der Waals surface area contributed by atoms with Crippen LogP contribution in [0.1, 0.15) is 16.8 Å². The number of fused-ring (bicyclic) bond motifs is 2. The molecule has 15 heteroatoms. The van der Waals surface area contributed by atoms with E-state index in [1.165, 1.54) is 30.3 Å². The van der Waals surface area contributed by atoms with E-state index in [0.29, 0.717) is 21.6 Å². The monoisotopic (exact) mass is 536 g/mol. The van der Waals surface area contributed by atoms with Crippen LogP contribution in [0.2, 0.25) is 0 Å². The van der Waals surface area contributed by atoms with Crippen LogP contribution >= 0.6 is 11.3 Å². The van der Waals surface area contributed by atoms with Crippen LogP contribution in [0.15, 0.2) is 36.4 Å². The summed E-state index contributed by atoms with van der Waals surface area (Å²) >= 11 is 0.979. The number of ether oxygens (including phenoxy) is 2. The van der Waals surface area contributed by atoms with Gasteiger partial charge in [-0.15, -0.1) is 13.2 Å². The first-order chi connectivity index (χ1) is 17.4. The van der Waals surface area contributed by atoms with Gasteiger partial charge in [-0.1, -0.05) is 11.3 Å². The third-order valence-corrected chi connectivity index (χ3v) is 6.42. The van der Waals surface area contributed by atoms with E-state index in [9.17, 15) is 27.9 Å². The molecule has 2 atom stereocenters. The number of thiazole rings is 1. The molecule has 1 amide bonds. The number of nitrogens with zero attached hydrogens (tertiary/aromatic N) is 3. The number of nitrogens with two attached hydrogens (primary N) is 1. The zero-order valence-corrected chi connectivity index (χ0v) is 19.8. The van der Waals surface area contributed by atoms with Crippen molar-refractivity contribution in [1.29, 1.82) is 5.26 Å². The van der Waals surface area contributed by atoms with Gasteiger partial charge < -0.3 is 35.8 Å². The zero-order valence-electron chi connectivity index (χ0n) is 19.0. The second-order valence-corrected chi connectivity index (χ2v) is 8.90. The number of aromatic carboxylic acids is 1. The number of alkyl halides is 3. The summed E-state index contributed by atoms with van der Waals surface area (Å²) in [7, 11) is 1.60. The fraction of sp³-hybridized carbons (Fsp3) is 0.273. The Labute approximate surface area is 211 Å². The highest BCUT2D eigenvalue weighted by Crippen LogP contribution is 2.43. The van der Waals surface area contributed by atoms with Crippen LogP contribution in [0.5, 0.6) is 5.75 Å². The summed E-state index contributed by atoms with van der Waals surface area (Å²) in [6.07, 6.45) is -6.33. The van der Waals surface area contributed by atoms with Gasteiger partial charge in [0, 0.05) is 13.1 Å². The van der Waals surface area contributed by atoms with Crippen molar-refractivity contribution in [1.82, 2.24) is 4.98 Å². The van der Waals surface area contributed by atoms with Crippen molar-refractivity contribution in [2.45, 2.75) is 24.7 Å². The van der Waals surface area contributed by atoms with Crippen LogP contribution in [0.4, 0.5) is 29.7 Å². The molecule has 194 valence electrons. The number of carboxylic acid groups (broad SMARTS) is 1. The summed E-state index contributed by atoms with van der Waals surface area (Å²) in [5, 5.41) is 24.6. The number of aromatic nitrogens is 1. The fourth-order valence-corrected chi connectivity index (χ4v) is 4.86. The first kappa shape index (κ1) is 25.8. The van der Waals surface area contributed by atoms with Crippen molar-refractivity contribution < 1.29 is 37.3 Å². The summed E-state index contributed by atoms with van der Waals surface area (Å²) < 4.78 is 47.9. The molecule has 0 spiro atoms. The molecule has 11 nitrogen and oxygen atoms in total. The maximum absolute atomic E-state index is 12.6.